The summed E-state index contributed by atoms with van der Waals surface area (Å²) in [6.45, 7) is 1.95. The fourth-order valence-corrected chi connectivity index (χ4v) is 1.50. The first-order chi connectivity index (χ1) is 8.11. The average molecular weight is 236 g/mol. The van der Waals surface area contributed by atoms with Crippen LogP contribution in [0.25, 0.3) is 0 Å². The minimum Gasteiger partial charge on any atom is -0.392 e. The lowest BCUT2D eigenvalue weighted by atomic mass is 10.1. The van der Waals surface area contributed by atoms with Gasteiger partial charge in [0, 0.05) is 18.2 Å². The zero-order valence-corrected chi connectivity index (χ0v) is 10.1. The van der Waals surface area contributed by atoms with Crippen LogP contribution in [0.15, 0.2) is 24.3 Å². The molecule has 0 radical (unpaired) electrons. The Balaban J connectivity index is 2.34. The van der Waals surface area contributed by atoms with E-state index in [1.54, 1.807) is 24.3 Å². The molecule has 0 heterocycles. The van der Waals surface area contributed by atoms with Gasteiger partial charge >= 0.3 is 0 Å². The Kier molecular flexibility index (Phi) is 5.66. The Morgan fingerprint density at radius 2 is 2.06 bits per heavy atom. The normalized spacial score (nSPS) is 12.2. The molecule has 0 aromatic heterocycles. The summed E-state index contributed by atoms with van der Waals surface area (Å²) in [6, 6.07) is 7.30. The Morgan fingerprint density at radius 3 is 2.59 bits per heavy atom. The maximum absolute atomic E-state index is 11.5. The number of nitrogens with one attached hydrogen (secondary N) is 1. The topological polar surface area (TPSA) is 75.4 Å². The van der Waals surface area contributed by atoms with Gasteiger partial charge in [0.15, 0.2) is 0 Å². The minimum absolute atomic E-state index is 0.00222. The number of aliphatic hydroxyl groups excluding tert-OH is 1. The van der Waals surface area contributed by atoms with Gasteiger partial charge in [-0.05, 0) is 37.5 Å². The highest BCUT2D eigenvalue weighted by Crippen LogP contribution is 2.10. The number of rotatable bonds is 6. The average Bonchev–Trinajstić information content (AvgIpc) is 2.29. The first-order valence-electron chi connectivity index (χ1n) is 5.87. The Bertz CT molecular complexity index is 347. The molecule has 1 aromatic carbocycles. The molecule has 1 unspecified atom stereocenters. The van der Waals surface area contributed by atoms with Gasteiger partial charge in [0.2, 0.25) is 5.91 Å². The summed E-state index contributed by atoms with van der Waals surface area (Å²) in [5.74, 6) is 0.00222. The third-order valence-corrected chi connectivity index (χ3v) is 2.48. The predicted octanol–water partition coefficient (Wildman–Crippen LogP) is 1.63. The van der Waals surface area contributed by atoms with Crippen molar-refractivity contribution >= 4 is 11.6 Å². The van der Waals surface area contributed by atoms with E-state index in [2.05, 4.69) is 5.32 Å². The number of aliphatic hydroxyl groups is 1. The van der Waals surface area contributed by atoms with Gasteiger partial charge in [-0.25, -0.2) is 0 Å². The second-order valence-corrected chi connectivity index (χ2v) is 4.27. The van der Waals surface area contributed by atoms with Crippen molar-refractivity contribution in [2.75, 3.05) is 5.32 Å². The summed E-state index contributed by atoms with van der Waals surface area (Å²) in [5, 5.41) is 11.7. The molecular weight excluding hydrogens is 216 g/mol. The van der Waals surface area contributed by atoms with Crippen LogP contribution >= 0.6 is 0 Å². The van der Waals surface area contributed by atoms with Gasteiger partial charge in [0.1, 0.15) is 0 Å². The Morgan fingerprint density at radius 1 is 1.41 bits per heavy atom. The van der Waals surface area contributed by atoms with Crippen LogP contribution < -0.4 is 11.1 Å². The summed E-state index contributed by atoms with van der Waals surface area (Å²) in [6.07, 6.45) is 2.15. The number of carbonyl (C=O) groups excluding carboxylic acids is 1. The second-order valence-electron chi connectivity index (χ2n) is 4.27. The smallest absolute Gasteiger partial charge is 0.224 e. The van der Waals surface area contributed by atoms with E-state index in [9.17, 15) is 4.79 Å². The molecule has 4 N–H and O–H groups in total. The van der Waals surface area contributed by atoms with Gasteiger partial charge in [-0.3, -0.25) is 4.79 Å². The third kappa shape index (κ3) is 5.47. The van der Waals surface area contributed by atoms with Crippen LogP contribution in [0.1, 0.15) is 31.7 Å². The zero-order chi connectivity index (χ0) is 12.7. The summed E-state index contributed by atoms with van der Waals surface area (Å²) in [5.41, 5.74) is 7.20. The van der Waals surface area contributed by atoms with E-state index in [-0.39, 0.29) is 18.6 Å². The molecule has 0 aliphatic rings. The lowest BCUT2D eigenvalue weighted by molar-refractivity contribution is -0.116. The van der Waals surface area contributed by atoms with Crippen molar-refractivity contribution in [2.45, 2.75) is 38.8 Å². The van der Waals surface area contributed by atoms with Crippen molar-refractivity contribution in [3.05, 3.63) is 29.8 Å². The second kappa shape index (κ2) is 7.04. The number of nitrogens with two attached hydrogens (primary N) is 1. The third-order valence-electron chi connectivity index (χ3n) is 2.48. The van der Waals surface area contributed by atoms with Gasteiger partial charge in [-0.2, -0.15) is 0 Å². The van der Waals surface area contributed by atoms with Crippen LogP contribution in [0.3, 0.4) is 0 Å². The Labute approximate surface area is 102 Å². The monoisotopic (exact) mass is 236 g/mol. The van der Waals surface area contributed by atoms with Crippen molar-refractivity contribution in [1.82, 2.24) is 0 Å². The number of amides is 1. The van der Waals surface area contributed by atoms with Crippen molar-refractivity contribution in [3.63, 3.8) is 0 Å². The zero-order valence-electron chi connectivity index (χ0n) is 10.1. The van der Waals surface area contributed by atoms with Crippen LogP contribution in [0.4, 0.5) is 5.69 Å². The summed E-state index contributed by atoms with van der Waals surface area (Å²) < 4.78 is 0. The SMILES string of the molecule is CC(N)CCCC(=O)Nc1ccc(CO)cc1. The molecule has 1 rings (SSSR count). The van der Waals surface area contributed by atoms with Crippen molar-refractivity contribution in [3.8, 4) is 0 Å². The van der Waals surface area contributed by atoms with Gasteiger partial charge < -0.3 is 16.2 Å². The van der Waals surface area contributed by atoms with Crippen LogP contribution in [0.2, 0.25) is 0 Å². The lowest BCUT2D eigenvalue weighted by Crippen LogP contribution is -2.16. The molecule has 1 atom stereocenters. The summed E-state index contributed by atoms with van der Waals surface area (Å²) in [4.78, 5) is 11.5. The fraction of sp³-hybridized carbons (Fsp3) is 0.462. The number of benzene rings is 1. The molecule has 1 aromatic rings. The molecule has 1 amide bonds. The first-order valence-corrected chi connectivity index (χ1v) is 5.87. The van der Waals surface area contributed by atoms with Crippen LogP contribution in [0.5, 0.6) is 0 Å². The maximum atomic E-state index is 11.5. The number of anilines is 1. The first kappa shape index (κ1) is 13.7. The van der Waals surface area contributed by atoms with E-state index in [1.807, 2.05) is 6.92 Å². The van der Waals surface area contributed by atoms with E-state index in [0.717, 1.165) is 24.1 Å². The number of hydrogen-bond acceptors (Lipinski definition) is 3. The van der Waals surface area contributed by atoms with Crippen molar-refractivity contribution < 1.29 is 9.90 Å². The molecular formula is C13H20N2O2. The maximum Gasteiger partial charge on any atom is 0.224 e. The summed E-state index contributed by atoms with van der Waals surface area (Å²) in [7, 11) is 0. The van der Waals surface area contributed by atoms with Gasteiger partial charge in [0.25, 0.3) is 0 Å². The molecule has 0 fully saturated rings. The van der Waals surface area contributed by atoms with E-state index in [0.29, 0.717) is 6.42 Å². The van der Waals surface area contributed by atoms with E-state index < -0.39 is 0 Å². The molecule has 0 aliphatic heterocycles. The quantitative estimate of drug-likeness (QED) is 0.702. The van der Waals surface area contributed by atoms with E-state index in [4.69, 9.17) is 10.8 Å². The fourth-order valence-electron chi connectivity index (χ4n) is 1.50. The summed E-state index contributed by atoms with van der Waals surface area (Å²) >= 11 is 0. The highest BCUT2D eigenvalue weighted by atomic mass is 16.3. The Hall–Kier alpha value is -1.39. The van der Waals surface area contributed by atoms with Gasteiger partial charge in [-0.15, -0.1) is 0 Å². The number of hydrogen-bond donors (Lipinski definition) is 3. The van der Waals surface area contributed by atoms with Crippen LogP contribution in [-0.4, -0.2) is 17.1 Å². The van der Waals surface area contributed by atoms with Crippen LogP contribution in [-0.2, 0) is 11.4 Å². The van der Waals surface area contributed by atoms with Crippen LogP contribution in [0, 0.1) is 0 Å². The molecule has 4 heteroatoms. The largest absolute Gasteiger partial charge is 0.392 e. The standard InChI is InChI=1S/C13H20N2O2/c1-10(14)3-2-4-13(17)15-12-7-5-11(9-16)6-8-12/h5-8,10,16H,2-4,9,14H2,1H3,(H,15,17). The molecule has 0 saturated carbocycles. The molecule has 94 valence electrons. The van der Waals surface area contributed by atoms with Crippen molar-refractivity contribution in [2.24, 2.45) is 5.73 Å². The van der Waals surface area contributed by atoms with Crippen molar-refractivity contribution in [1.29, 1.82) is 0 Å². The predicted molar refractivity (Wildman–Crippen MR) is 68.5 cm³/mol. The molecule has 0 bridgehead atoms. The van der Waals surface area contributed by atoms with Gasteiger partial charge in [-0.1, -0.05) is 12.1 Å². The molecule has 17 heavy (non-hydrogen) atoms. The highest BCUT2D eigenvalue weighted by Gasteiger charge is 2.03. The van der Waals surface area contributed by atoms with Gasteiger partial charge in [0.05, 0.1) is 6.61 Å². The molecule has 0 spiro atoms. The van der Waals surface area contributed by atoms with E-state index in [1.165, 1.54) is 0 Å². The highest BCUT2D eigenvalue weighted by molar-refractivity contribution is 5.90. The molecule has 0 saturated heterocycles. The number of carbonyl (C=O) groups is 1. The van der Waals surface area contributed by atoms with E-state index >= 15 is 0 Å². The lowest BCUT2D eigenvalue weighted by Gasteiger charge is -2.07. The molecule has 4 nitrogen and oxygen atoms in total. The minimum atomic E-state index is 0.00222. The molecule has 0 aliphatic carbocycles.